The molecule has 0 saturated heterocycles. The number of hydrogen-bond donors (Lipinski definition) is 0. The second-order valence-electron chi connectivity index (χ2n) is 4.92. The fraction of sp³-hybridized carbons (Fsp3) is 0.500. The van der Waals surface area contributed by atoms with Crippen molar-refractivity contribution in [2.45, 2.75) is 25.4 Å². The van der Waals surface area contributed by atoms with Crippen LogP contribution in [0.5, 0.6) is 0 Å². The van der Waals surface area contributed by atoms with Gasteiger partial charge in [-0.15, -0.1) is 0 Å². The summed E-state index contributed by atoms with van der Waals surface area (Å²) in [5, 5.41) is 0. The van der Waals surface area contributed by atoms with Crippen LogP contribution in [-0.4, -0.2) is 24.4 Å². The highest BCUT2D eigenvalue weighted by Gasteiger charge is 2.45. The minimum absolute atomic E-state index is 0.0679. The minimum atomic E-state index is -4.31. The van der Waals surface area contributed by atoms with Gasteiger partial charge in [0.1, 0.15) is 0 Å². The Morgan fingerprint density at radius 2 is 1.89 bits per heavy atom. The Labute approximate surface area is 110 Å². The lowest BCUT2D eigenvalue weighted by Crippen LogP contribution is -2.28. The van der Waals surface area contributed by atoms with Crippen LogP contribution in [0.3, 0.4) is 0 Å². The molecule has 104 valence electrons. The van der Waals surface area contributed by atoms with Crippen molar-refractivity contribution < 1.29 is 18.0 Å². The summed E-state index contributed by atoms with van der Waals surface area (Å²) in [6, 6.07) is 5.12. The molecule has 1 fully saturated rings. The van der Waals surface area contributed by atoms with Crippen molar-refractivity contribution in [3.63, 3.8) is 0 Å². The van der Waals surface area contributed by atoms with E-state index in [4.69, 9.17) is 0 Å². The van der Waals surface area contributed by atoms with Crippen LogP contribution < -0.4 is 0 Å². The highest BCUT2D eigenvalue weighted by Crippen LogP contribution is 2.48. The Bertz CT molecular complexity index is 467. The van der Waals surface area contributed by atoms with E-state index in [-0.39, 0.29) is 17.7 Å². The standard InChI is InChI=1S/C14H16F3NO/c1-3-18(2)13(19)12-8-11(12)9-4-6-10(7-5-9)14(15,16)17/h4-7,11-12H,3,8H2,1-2H3. The molecular formula is C14H16F3NO. The number of alkyl halides is 3. The molecule has 2 atom stereocenters. The molecule has 1 saturated carbocycles. The number of rotatable bonds is 3. The molecule has 2 nitrogen and oxygen atoms in total. The third kappa shape index (κ3) is 2.91. The maximum Gasteiger partial charge on any atom is 0.416 e. The molecule has 1 aromatic carbocycles. The summed E-state index contributed by atoms with van der Waals surface area (Å²) in [6.07, 6.45) is -3.58. The normalized spacial score (nSPS) is 22.2. The van der Waals surface area contributed by atoms with Crippen molar-refractivity contribution in [2.75, 3.05) is 13.6 Å². The lowest BCUT2D eigenvalue weighted by molar-refractivity contribution is -0.137. The van der Waals surface area contributed by atoms with Gasteiger partial charge in [-0.3, -0.25) is 4.79 Å². The highest BCUT2D eigenvalue weighted by atomic mass is 19.4. The second kappa shape index (κ2) is 4.87. The number of carbonyl (C=O) groups excluding carboxylic acids is 1. The Morgan fingerprint density at radius 3 is 2.37 bits per heavy atom. The number of benzene rings is 1. The molecule has 0 N–H and O–H groups in total. The summed E-state index contributed by atoms with van der Waals surface area (Å²) in [7, 11) is 1.74. The average molecular weight is 271 g/mol. The summed E-state index contributed by atoms with van der Waals surface area (Å²) in [4.78, 5) is 13.5. The van der Waals surface area contributed by atoms with E-state index in [1.807, 2.05) is 6.92 Å². The van der Waals surface area contributed by atoms with Gasteiger partial charge in [0.25, 0.3) is 0 Å². The first-order chi connectivity index (χ1) is 8.84. The van der Waals surface area contributed by atoms with Gasteiger partial charge < -0.3 is 4.90 Å². The van der Waals surface area contributed by atoms with E-state index in [9.17, 15) is 18.0 Å². The van der Waals surface area contributed by atoms with Gasteiger partial charge in [0.15, 0.2) is 0 Å². The van der Waals surface area contributed by atoms with Crippen molar-refractivity contribution in [3.05, 3.63) is 35.4 Å². The molecule has 1 amide bonds. The summed E-state index contributed by atoms with van der Waals surface area (Å²) >= 11 is 0. The van der Waals surface area contributed by atoms with E-state index < -0.39 is 11.7 Å². The molecule has 2 unspecified atom stereocenters. The molecule has 0 spiro atoms. The van der Waals surface area contributed by atoms with Gasteiger partial charge in [-0.1, -0.05) is 12.1 Å². The van der Waals surface area contributed by atoms with E-state index in [1.54, 1.807) is 11.9 Å². The van der Waals surface area contributed by atoms with Crippen molar-refractivity contribution >= 4 is 5.91 Å². The SMILES string of the molecule is CCN(C)C(=O)C1CC1c1ccc(C(F)(F)F)cc1. The van der Waals surface area contributed by atoms with E-state index in [1.165, 1.54) is 12.1 Å². The summed E-state index contributed by atoms with van der Waals surface area (Å²) in [5.41, 5.74) is 0.168. The molecule has 5 heteroatoms. The number of hydrogen-bond acceptors (Lipinski definition) is 1. The average Bonchev–Trinajstić information content (AvgIpc) is 3.16. The number of amides is 1. The Balaban J connectivity index is 2.04. The predicted molar refractivity (Wildman–Crippen MR) is 65.6 cm³/mol. The second-order valence-corrected chi connectivity index (χ2v) is 4.92. The molecule has 0 aliphatic heterocycles. The van der Waals surface area contributed by atoms with Crippen LogP contribution in [-0.2, 0) is 11.0 Å². The topological polar surface area (TPSA) is 20.3 Å². The van der Waals surface area contributed by atoms with Crippen LogP contribution in [0.15, 0.2) is 24.3 Å². The van der Waals surface area contributed by atoms with Gasteiger partial charge in [0.2, 0.25) is 5.91 Å². The quantitative estimate of drug-likeness (QED) is 0.826. The van der Waals surface area contributed by atoms with Crippen molar-refractivity contribution in [3.8, 4) is 0 Å². The third-order valence-corrected chi connectivity index (χ3v) is 3.62. The van der Waals surface area contributed by atoms with E-state index in [2.05, 4.69) is 0 Å². The summed E-state index contributed by atoms with van der Waals surface area (Å²) < 4.78 is 37.3. The van der Waals surface area contributed by atoms with Crippen LogP contribution in [0.25, 0.3) is 0 Å². The minimum Gasteiger partial charge on any atom is -0.346 e. The summed E-state index contributed by atoms with van der Waals surface area (Å²) in [5.74, 6) is 0.0814. The molecular weight excluding hydrogens is 255 g/mol. The van der Waals surface area contributed by atoms with Crippen LogP contribution in [0, 0.1) is 5.92 Å². The molecule has 0 radical (unpaired) electrons. The Hall–Kier alpha value is -1.52. The van der Waals surface area contributed by atoms with Gasteiger partial charge in [0.05, 0.1) is 5.56 Å². The van der Waals surface area contributed by atoms with E-state index in [0.29, 0.717) is 6.54 Å². The van der Waals surface area contributed by atoms with Crippen LogP contribution >= 0.6 is 0 Å². The van der Waals surface area contributed by atoms with Gasteiger partial charge in [-0.2, -0.15) is 13.2 Å². The third-order valence-electron chi connectivity index (χ3n) is 3.62. The first kappa shape index (κ1) is 13.9. The zero-order chi connectivity index (χ0) is 14.2. The number of carbonyl (C=O) groups is 1. The molecule has 2 rings (SSSR count). The van der Waals surface area contributed by atoms with Crippen molar-refractivity contribution in [1.82, 2.24) is 4.90 Å². The smallest absolute Gasteiger partial charge is 0.346 e. The van der Waals surface area contributed by atoms with Crippen LogP contribution in [0.4, 0.5) is 13.2 Å². The number of halogens is 3. The highest BCUT2D eigenvalue weighted by molar-refractivity contribution is 5.82. The fourth-order valence-electron chi connectivity index (χ4n) is 2.19. The largest absolute Gasteiger partial charge is 0.416 e. The molecule has 0 bridgehead atoms. The van der Waals surface area contributed by atoms with E-state index in [0.717, 1.165) is 24.1 Å². The molecule has 19 heavy (non-hydrogen) atoms. The molecule has 1 aliphatic carbocycles. The maximum atomic E-state index is 12.4. The zero-order valence-electron chi connectivity index (χ0n) is 10.9. The molecule has 0 aromatic heterocycles. The first-order valence-corrected chi connectivity index (χ1v) is 6.26. The van der Waals surface area contributed by atoms with Gasteiger partial charge in [-0.25, -0.2) is 0 Å². The van der Waals surface area contributed by atoms with Crippen molar-refractivity contribution in [2.24, 2.45) is 5.92 Å². The van der Waals surface area contributed by atoms with E-state index >= 15 is 0 Å². The molecule has 1 aliphatic rings. The molecule has 0 heterocycles. The zero-order valence-corrected chi connectivity index (χ0v) is 10.9. The Morgan fingerprint density at radius 1 is 1.32 bits per heavy atom. The predicted octanol–water partition coefficient (Wildman–Crippen LogP) is 3.29. The lowest BCUT2D eigenvalue weighted by Gasteiger charge is -2.14. The van der Waals surface area contributed by atoms with Gasteiger partial charge in [-0.05, 0) is 37.0 Å². The maximum absolute atomic E-state index is 12.4. The monoisotopic (exact) mass is 271 g/mol. The number of nitrogens with zero attached hydrogens (tertiary/aromatic N) is 1. The Kier molecular flexibility index (Phi) is 3.56. The van der Waals surface area contributed by atoms with Crippen LogP contribution in [0.2, 0.25) is 0 Å². The molecule has 1 aromatic rings. The first-order valence-electron chi connectivity index (χ1n) is 6.26. The van der Waals surface area contributed by atoms with Crippen molar-refractivity contribution in [1.29, 1.82) is 0 Å². The lowest BCUT2D eigenvalue weighted by atomic mass is 10.1. The summed E-state index contributed by atoms with van der Waals surface area (Å²) in [6.45, 7) is 2.54. The fourth-order valence-corrected chi connectivity index (χ4v) is 2.19. The van der Waals surface area contributed by atoms with Gasteiger partial charge in [0, 0.05) is 19.5 Å². The van der Waals surface area contributed by atoms with Gasteiger partial charge >= 0.3 is 6.18 Å². The van der Waals surface area contributed by atoms with Crippen LogP contribution in [0.1, 0.15) is 30.4 Å².